The van der Waals surface area contributed by atoms with E-state index in [0.29, 0.717) is 30.2 Å². The van der Waals surface area contributed by atoms with Crippen LogP contribution in [0.4, 0.5) is 5.69 Å². The number of ether oxygens (including phenoxy) is 3. The molecule has 10 heteroatoms. The van der Waals surface area contributed by atoms with E-state index < -0.39 is 29.6 Å². The third-order valence-electron chi connectivity index (χ3n) is 9.30. The highest BCUT2D eigenvalue weighted by Crippen LogP contribution is 2.55. The standard InChI is InChI=1S/C33H39N3O6S/c1-40-24-13-12-20(18-26(24)41-2)15-17-36-29(31(38)34-21-8-5-4-6-9-21)33-16-14-25(42-33)27(28(33)32(36)39)30(37)35-22-10-7-11-23(19-22)43-3/h7,10-14,16,18-19,21,25,27-29H,4-6,8-9,15,17H2,1-3H3,(H,34,38)(H,35,37)/t25-,27-,28-,29+,33-/m0/s1. The number of hydrogen-bond acceptors (Lipinski definition) is 7. The van der Waals surface area contributed by atoms with Gasteiger partial charge in [0.05, 0.1) is 32.2 Å². The number of anilines is 1. The average Bonchev–Trinajstić information content (AvgIpc) is 3.67. The quantitative estimate of drug-likeness (QED) is 0.309. The van der Waals surface area contributed by atoms with Crippen LogP contribution in [-0.4, -0.2) is 73.4 Å². The second-order valence-electron chi connectivity index (χ2n) is 11.7. The molecule has 2 aromatic carbocycles. The number of fused-ring (bicyclic) bond motifs is 1. The summed E-state index contributed by atoms with van der Waals surface area (Å²) in [6.45, 7) is 0.293. The molecule has 43 heavy (non-hydrogen) atoms. The van der Waals surface area contributed by atoms with Crippen molar-refractivity contribution in [2.75, 3.05) is 32.3 Å². The van der Waals surface area contributed by atoms with Gasteiger partial charge in [-0.3, -0.25) is 14.4 Å². The minimum atomic E-state index is -1.19. The molecule has 1 saturated carbocycles. The van der Waals surface area contributed by atoms with Gasteiger partial charge in [0.25, 0.3) is 0 Å². The van der Waals surface area contributed by atoms with Crippen LogP contribution in [0.25, 0.3) is 0 Å². The first kappa shape index (κ1) is 29.6. The Hall–Kier alpha value is -3.50. The minimum absolute atomic E-state index is 0.0740. The molecule has 3 amide bonds. The van der Waals surface area contributed by atoms with Gasteiger partial charge in [-0.2, -0.15) is 0 Å². The number of hydrogen-bond donors (Lipinski definition) is 2. The maximum absolute atomic E-state index is 14.3. The smallest absolute Gasteiger partial charge is 0.246 e. The summed E-state index contributed by atoms with van der Waals surface area (Å²) in [5.74, 6) is -1.04. The molecule has 0 radical (unpaired) electrons. The molecule has 1 spiro atoms. The molecular weight excluding hydrogens is 566 g/mol. The number of likely N-dealkylation sites (tertiary alicyclic amines) is 1. The van der Waals surface area contributed by atoms with Crippen LogP contribution in [0.3, 0.4) is 0 Å². The Bertz CT molecular complexity index is 1430. The predicted octanol–water partition coefficient (Wildman–Crippen LogP) is 4.21. The minimum Gasteiger partial charge on any atom is -0.493 e. The number of carbonyl (C=O) groups excluding carboxylic acids is 3. The SMILES string of the molecule is COc1ccc(CCN2C(=O)[C@@H]3[C@@H](C(=O)Nc4cccc(SC)c4)[C@@H]4C=C[C@@]3(O4)[C@H]2C(=O)NC2CCCCC2)cc1OC. The summed E-state index contributed by atoms with van der Waals surface area (Å²) in [6, 6.07) is 12.5. The van der Waals surface area contributed by atoms with E-state index in [1.807, 2.05) is 60.9 Å². The monoisotopic (exact) mass is 605 g/mol. The van der Waals surface area contributed by atoms with Crippen molar-refractivity contribution in [2.24, 2.45) is 11.8 Å². The molecule has 2 saturated heterocycles. The predicted molar refractivity (Wildman–Crippen MR) is 164 cm³/mol. The van der Waals surface area contributed by atoms with E-state index in [2.05, 4.69) is 10.6 Å². The number of thioether (sulfide) groups is 1. The Balaban J connectivity index is 1.28. The summed E-state index contributed by atoms with van der Waals surface area (Å²) >= 11 is 1.59. The van der Waals surface area contributed by atoms with Crippen LogP contribution in [0.15, 0.2) is 59.5 Å². The largest absolute Gasteiger partial charge is 0.493 e. The molecule has 0 aromatic heterocycles. The van der Waals surface area contributed by atoms with Gasteiger partial charge in [0.1, 0.15) is 11.6 Å². The second-order valence-corrected chi connectivity index (χ2v) is 12.6. The van der Waals surface area contributed by atoms with E-state index in [1.165, 1.54) is 6.42 Å². The van der Waals surface area contributed by atoms with Gasteiger partial charge in [-0.1, -0.05) is 43.5 Å². The number of amides is 3. The summed E-state index contributed by atoms with van der Waals surface area (Å²) in [6.07, 6.45) is 10.8. The van der Waals surface area contributed by atoms with Gasteiger partial charge in [-0.15, -0.1) is 11.8 Å². The summed E-state index contributed by atoms with van der Waals surface area (Å²) in [4.78, 5) is 44.8. The van der Waals surface area contributed by atoms with Crippen LogP contribution >= 0.6 is 11.8 Å². The maximum atomic E-state index is 14.3. The number of carbonyl (C=O) groups is 3. The fourth-order valence-corrected chi connectivity index (χ4v) is 7.71. The molecule has 4 aliphatic rings. The Morgan fingerprint density at radius 1 is 1.05 bits per heavy atom. The van der Waals surface area contributed by atoms with Crippen molar-refractivity contribution in [1.82, 2.24) is 10.2 Å². The Kier molecular flexibility index (Phi) is 8.42. The summed E-state index contributed by atoms with van der Waals surface area (Å²) in [5, 5.41) is 6.26. The molecule has 3 heterocycles. The van der Waals surface area contributed by atoms with Gasteiger partial charge in [0.2, 0.25) is 17.7 Å². The van der Waals surface area contributed by atoms with E-state index in [-0.39, 0.29) is 23.8 Å². The van der Waals surface area contributed by atoms with E-state index in [4.69, 9.17) is 14.2 Å². The van der Waals surface area contributed by atoms with Gasteiger partial charge in [-0.25, -0.2) is 0 Å². The second kappa shape index (κ2) is 12.2. The lowest BCUT2D eigenvalue weighted by Crippen LogP contribution is -2.56. The van der Waals surface area contributed by atoms with Crippen LogP contribution in [0.2, 0.25) is 0 Å². The highest BCUT2D eigenvalue weighted by atomic mass is 32.2. The number of nitrogens with one attached hydrogen (secondary N) is 2. The van der Waals surface area contributed by atoms with E-state index in [1.54, 1.807) is 30.9 Å². The normalized spacial score (nSPS) is 27.7. The van der Waals surface area contributed by atoms with Crippen molar-refractivity contribution in [2.45, 2.75) is 67.2 Å². The van der Waals surface area contributed by atoms with Gasteiger partial charge < -0.3 is 29.7 Å². The van der Waals surface area contributed by atoms with E-state index in [9.17, 15) is 14.4 Å². The van der Waals surface area contributed by atoms with Crippen LogP contribution in [0.5, 0.6) is 11.5 Å². The zero-order chi connectivity index (χ0) is 30.1. The van der Waals surface area contributed by atoms with Crippen molar-refractivity contribution in [3.8, 4) is 11.5 Å². The summed E-state index contributed by atoms with van der Waals surface area (Å²) in [5.41, 5.74) is 0.413. The lowest BCUT2D eigenvalue weighted by molar-refractivity contribution is -0.141. The van der Waals surface area contributed by atoms with Crippen LogP contribution in [-0.2, 0) is 25.5 Å². The Labute approximate surface area is 256 Å². The summed E-state index contributed by atoms with van der Waals surface area (Å²) in [7, 11) is 3.17. The fraction of sp³-hybridized carbons (Fsp3) is 0.485. The molecule has 228 valence electrons. The number of methoxy groups -OCH3 is 2. The fourth-order valence-electron chi connectivity index (χ4n) is 7.25. The molecule has 3 aliphatic heterocycles. The third kappa shape index (κ3) is 5.40. The van der Waals surface area contributed by atoms with Crippen LogP contribution < -0.4 is 20.1 Å². The molecule has 2 N–H and O–H groups in total. The lowest BCUT2D eigenvalue weighted by Gasteiger charge is -2.34. The molecule has 0 unspecified atom stereocenters. The molecular formula is C33H39N3O6S. The van der Waals surface area contributed by atoms with Gasteiger partial charge in [0.15, 0.2) is 11.5 Å². The van der Waals surface area contributed by atoms with Crippen molar-refractivity contribution >= 4 is 35.2 Å². The maximum Gasteiger partial charge on any atom is 0.246 e. The zero-order valence-electron chi connectivity index (χ0n) is 24.8. The van der Waals surface area contributed by atoms with Gasteiger partial charge >= 0.3 is 0 Å². The molecule has 6 rings (SSSR count). The molecule has 3 fully saturated rings. The van der Waals surface area contributed by atoms with Crippen molar-refractivity contribution in [3.63, 3.8) is 0 Å². The van der Waals surface area contributed by atoms with Crippen molar-refractivity contribution in [3.05, 3.63) is 60.2 Å². The van der Waals surface area contributed by atoms with Crippen molar-refractivity contribution < 1.29 is 28.6 Å². The lowest BCUT2D eigenvalue weighted by atomic mass is 9.74. The zero-order valence-corrected chi connectivity index (χ0v) is 25.7. The Morgan fingerprint density at radius 3 is 2.58 bits per heavy atom. The molecule has 5 atom stereocenters. The molecule has 9 nitrogen and oxygen atoms in total. The van der Waals surface area contributed by atoms with Gasteiger partial charge in [0, 0.05) is 23.2 Å². The number of benzene rings is 2. The summed E-state index contributed by atoms with van der Waals surface area (Å²) < 4.78 is 17.4. The van der Waals surface area contributed by atoms with Crippen LogP contribution in [0.1, 0.15) is 37.7 Å². The first-order valence-electron chi connectivity index (χ1n) is 15.0. The van der Waals surface area contributed by atoms with Crippen molar-refractivity contribution in [1.29, 1.82) is 0 Å². The topological polar surface area (TPSA) is 106 Å². The molecule has 1 aliphatic carbocycles. The van der Waals surface area contributed by atoms with E-state index in [0.717, 1.165) is 36.1 Å². The first-order valence-corrected chi connectivity index (χ1v) is 16.2. The number of nitrogens with zero attached hydrogens (tertiary/aromatic N) is 1. The highest BCUT2D eigenvalue weighted by molar-refractivity contribution is 7.98. The molecule has 2 bridgehead atoms. The Morgan fingerprint density at radius 2 is 1.84 bits per heavy atom. The van der Waals surface area contributed by atoms with Gasteiger partial charge in [-0.05, 0) is 61.4 Å². The third-order valence-corrected chi connectivity index (χ3v) is 10.0. The average molecular weight is 606 g/mol. The van der Waals surface area contributed by atoms with Crippen LogP contribution in [0, 0.1) is 11.8 Å². The highest BCUT2D eigenvalue weighted by Gasteiger charge is 2.72. The molecule has 2 aromatic rings. The first-order chi connectivity index (χ1) is 20.9. The van der Waals surface area contributed by atoms with E-state index >= 15 is 0 Å². The number of rotatable bonds is 10.